The molecule has 1 heterocycles. The second-order valence-corrected chi connectivity index (χ2v) is 2.63. The second kappa shape index (κ2) is 4.38. The van der Waals surface area contributed by atoms with Gasteiger partial charge in [0.2, 0.25) is 5.91 Å². The lowest BCUT2D eigenvalue weighted by Gasteiger charge is -2.08. The molecule has 6 N–H and O–H groups in total. The molecule has 7 nitrogen and oxygen atoms in total. The number of carbonyl (C=O) groups excluding carboxylic acids is 1. The standard InChI is InChI=1S/C7H11N5O2/c8-5-2-10-3-6(12-5)11-1-4(13)7(9)14/h2-4,13H,1H2,(H2,9,14)(H3,8,11,12). The summed E-state index contributed by atoms with van der Waals surface area (Å²) in [6, 6.07) is 0. The molecule has 1 amide bonds. The first kappa shape index (κ1) is 10.2. The Morgan fingerprint density at radius 1 is 1.64 bits per heavy atom. The molecule has 0 aromatic carbocycles. The summed E-state index contributed by atoms with van der Waals surface area (Å²) in [4.78, 5) is 18.1. The molecule has 76 valence electrons. The monoisotopic (exact) mass is 197 g/mol. The van der Waals surface area contributed by atoms with E-state index in [-0.39, 0.29) is 12.4 Å². The van der Waals surface area contributed by atoms with Crippen LogP contribution in [0.15, 0.2) is 12.4 Å². The normalized spacial score (nSPS) is 12.1. The van der Waals surface area contributed by atoms with Crippen LogP contribution in [0.3, 0.4) is 0 Å². The van der Waals surface area contributed by atoms with E-state index in [1.54, 1.807) is 0 Å². The summed E-state index contributed by atoms with van der Waals surface area (Å²) in [6.45, 7) is -0.0204. The van der Waals surface area contributed by atoms with Crippen molar-refractivity contribution in [2.24, 2.45) is 5.73 Å². The molecular formula is C7H11N5O2. The summed E-state index contributed by atoms with van der Waals surface area (Å²) in [5.41, 5.74) is 10.2. The summed E-state index contributed by atoms with van der Waals surface area (Å²) < 4.78 is 0. The van der Waals surface area contributed by atoms with Gasteiger partial charge in [0, 0.05) is 0 Å². The highest BCUT2D eigenvalue weighted by atomic mass is 16.3. The van der Waals surface area contributed by atoms with Crippen molar-refractivity contribution in [3.05, 3.63) is 12.4 Å². The fraction of sp³-hybridized carbons (Fsp3) is 0.286. The van der Waals surface area contributed by atoms with Gasteiger partial charge in [0.25, 0.3) is 0 Å². The maximum atomic E-state index is 10.5. The predicted molar refractivity (Wildman–Crippen MR) is 50.1 cm³/mol. The van der Waals surface area contributed by atoms with Gasteiger partial charge in [0.1, 0.15) is 17.7 Å². The number of hydrogen-bond acceptors (Lipinski definition) is 6. The van der Waals surface area contributed by atoms with E-state index < -0.39 is 12.0 Å². The molecule has 1 atom stereocenters. The van der Waals surface area contributed by atoms with Crippen molar-refractivity contribution >= 4 is 17.5 Å². The Bertz CT molecular complexity index is 330. The molecule has 0 saturated carbocycles. The topological polar surface area (TPSA) is 127 Å². The molecule has 0 bridgehead atoms. The van der Waals surface area contributed by atoms with Crippen LogP contribution < -0.4 is 16.8 Å². The van der Waals surface area contributed by atoms with E-state index in [0.29, 0.717) is 5.82 Å². The molecule has 0 spiro atoms. The van der Waals surface area contributed by atoms with Crippen LogP contribution in [-0.2, 0) is 4.79 Å². The number of rotatable bonds is 4. The molecule has 1 unspecified atom stereocenters. The molecule has 0 aliphatic carbocycles. The first-order valence-electron chi connectivity index (χ1n) is 3.88. The third kappa shape index (κ3) is 2.87. The fourth-order valence-corrected chi connectivity index (χ4v) is 0.768. The van der Waals surface area contributed by atoms with Crippen molar-refractivity contribution < 1.29 is 9.90 Å². The number of hydrogen-bond donors (Lipinski definition) is 4. The highest BCUT2D eigenvalue weighted by Crippen LogP contribution is 2.02. The molecule has 0 aliphatic rings. The van der Waals surface area contributed by atoms with Crippen LogP contribution in [0.1, 0.15) is 0 Å². The molecule has 14 heavy (non-hydrogen) atoms. The minimum atomic E-state index is -1.25. The number of aromatic nitrogens is 2. The summed E-state index contributed by atoms with van der Waals surface area (Å²) >= 11 is 0. The molecule has 1 aromatic heterocycles. The number of aliphatic hydroxyl groups excluding tert-OH is 1. The van der Waals surface area contributed by atoms with Gasteiger partial charge in [-0.1, -0.05) is 0 Å². The zero-order valence-corrected chi connectivity index (χ0v) is 7.34. The number of carbonyl (C=O) groups is 1. The van der Waals surface area contributed by atoms with E-state index in [9.17, 15) is 4.79 Å². The molecule has 0 aliphatic heterocycles. The zero-order chi connectivity index (χ0) is 10.6. The maximum Gasteiger partial charge on any atom is 0.248 e. The van der Waals surface area contributed by atoms with Crippen LogP contribution in [0.2, 0.25) is 0 Å². The fourth-order valence-electron chi connectivity index (χ4n) is 0.768. The molecule has 0 saturated heterocycles. The van der Waals surface area contributed by atoms with Gasteiger partial charge in [0.15, 0.2) is 0 Å². The van der Waals surface area contributed by atoms with Crippen molar-refractivity contribution in [2.75, 3.05) is 17.6 Å². The summed E-state index contributed by atoms with van der Waals surface area (Å²) in [7, 11) is 0. The van der Waals surface area contributed by atoms with E-state index in [1.807, 2.05) is 0 Å². The Balaban J connectivity index is 2.49. The first-order valence-corrected chi connectivity index (χ1v) is 3.88. The van der Waals surface area contributed by atoms with Crippen LogP contribution in [0, 0.1) is 0 Å². The number of aliphatic hydroxyl groups is 1. The van der Waals surface area contributed by atoms with Crippen molar-refractivity contribution in [3.8, 4) is 0 Å². The lowest BCUT2D eigenvalue weighted by molar-refractivity contribution is -0.125. The quantitative estimate of drug-likeness (QED) is 0.456. The lowest BCUT2D eigenvalue weighted by atomic mass is 10.3. The van der Waals surface area contributed by atoms with Crippen LogP contribution in [-0.4, -0.2) is 33.6 Å². The number of primary amides is 1. The summed E-state index contributed by atoms with van der Waals surface area (Å²) in [5, 5.41) is 11.7. The minimum absolute atomic E-state index is 0.0204. The van der Waals surface area contributed by atoms with Gasteiger partial charge in [0.05, 0.1) is 18.9 Å². The lowest BCUT2D eigenvalue weighted by Crippen LogP contribution is -2.34. The van der Waals surface area contributed by atoms with Gasteiger partial charge in [-0.05, 0) is 0 Å². The van der Waals surface area contributed by atoms with Gasteiger partial charge in [-0.25, -0.2) is 4.98 Å². The Morgan fingerprint density at radius 2 is 2.36 bits per heavy atom. The number of nitrogens with zero attached hydrogens (tertiary/aromatic N) is 2. The van der Waals surface area contributed by atoms with Gasteiger partial charge in [-0.15, -0.1) is 0 Å². The average Bonchev–Trinajstić information content (AvgIpc) is 2.14. The molecule has 1 aromatic rings. The zero-order valence-electron chi connectivity index (χ0n) is 7.34. The number of nitrogen functional groups attached to an aromatic ring is 1. The average molecular weight is 197 g/mol. The Kier molecular flexibility index (Phi) is 3.19. The minimum Gasteiger partial charge on any atom is -0.382 e. The van der Waals surface area contributed by atoms with Crippen LogP contribution >= 0.6 is 0 Å². The number of anilines is 2. The third-order valence-electron chi connectivity index (χ3n) is 1.46. The van der Waals surface area contributed by atoms with Crippen molar-refractivity contribution in [3.63, 3.8) is 0 Å². The summed E-state index contributed by atoms with van der Waals surface area (Å²) in [5.74, 6) is -0.164. The smallest absolute Gasteiger partial charge is 0.248 e. The molecular weight excluding hydrogens is 186 g/mol. The maximum absolute atomic E-state index is 10.5. The highest BCUT2D eigenvalue weighted by Gasteiger charge is 2.10. The Hall–Kier alpha value is -1.89. The molecule has 7 heteroatoms. The highest BCUT2D eigenvalue weighted by molar-refractivity contribution is 5.79. The van der Waals surface area contributed by atoms with Gasteiger partial charge >= 0.3 is 0 Å². The summed E-state index contributed by atoms with van der Waals surface area (Å²) in [6.07, 6.45) is 1.55. The third-order valence-corrected chi connectivity index (χ3v) is 1.46. The van der Waals surface area contributed by atoms with E-state index in [1.165, 1.54) is 12.4 Å². The molecule has 1 rings (SSSR count). The molecule has 0 radical (unpaired) electrons. The van der Waals surface area contributed by atoms with E-state index >= 15 is 0 Å². The Labute approximate surface area is 80.2 Å². The Morgan fingerprint density at radius 3 is 2.93 bits per heavy atom. The largest absolute Gasteiger partial charge is 0.382 e. The van der Waals surface area contributed by atoms with Crippen molar-refractivity contribution in [1.82, 2.24) is 9.97 Å². The number of nitrogens with two attached hydrogens (primary N) is 2. The first-order chi connectivity index (χ1) is 6.59. The number of amides is 1. The van der Waals surface area contributed by atoms with E-state index in [0.717, 1.165) is 0 Å². The second-order valence-electron chi connectivity index (χ2n) is 2.63. The van der Waals surface area contributed by atoms with Gasteiger partial charge in [-0.2, -0.15) is 0 Å². The van der Waals surface area contributed by atoms with E-state index in [2.05, 4.69) is 15.3 Å². The number of nitrogens with one attached hydrogen (secondary N) is 1. The van der Waals surface area contributed by atoms with Crippen molar-refractivity contribution in [1.29, 1.82) is 0 Å². The predicted octanol–water partition coefficient (Wildman–Crippen LogP) is -1.68. The SMILES string of the molecule is NC(=O)C(O)CNc1cncc(N)n1. The molecule has 0 fully saturated rings. The van der Waals surface area contributed by atoms with E-state index in [4.69, 9.17) is 16.6 Å². The van der Waals surface area contributed by atoms with Crippen LogP contribution in [0.4, 0.5) is 11.6 Å². The van der Waals surface area contributed by atoms with Gasteiger partial charge < -0.3 is 21.9 Å². The van der Waals surface area contributed by atoms with Crippen molar-refractivity contribution in [2.45, 2.75) is 6.10 Å². The van der Waals surface area contributed by atoms with Crippen LogP contribution in [0.5, 0.6) is 0 Å². The van der Waals surface area contributed by atoms with Gasteiger partial charge in [-0.3, -0.25) is 9.78 Å². The van der Waals surface area contributed by atoms with Crippen LogP contribution in [0.25, 0.3) is 0 Å².